The van der Waals surface area contributed by atoms with Crippen molar-refractivity contribution in [2.24, 2.45) is 0 Å². The van der Waals surface area contributed by atoms with Crippen LogP contribution in [-0.2, 0) is 19.2 Å². The van der Waals surface area contributed by atoms with Crippen LogP contribution < -0.4 is 0 Å². The van der Waals surface area contributed by atoms with Gasteiger partial charge in [-0.1, -0.05) is 317 Å². The third-order valence-corrected chi connectivity index (χ3v) is 13.2. The number of hydrogen-bond acceptors (Lipinski definition) is 4. The summed E-state index contributed by atoms with van der Waals surface area (Å²) in [6.45, 7) is 9.00. The largest absolute Gasteiger partial charge is 0.481 e. The van der Waals surface area contributed by atoms with E-state index in [0.717, 1.165) is 51.4 Å². The van der Waals surface area contributed by atoms with Crippen molar-refractivity contribution in [1.82, 2.24) is 0 Å². The zero-order valence-electron chi connectivity index (χ0n) is 46.9. The zero-order chi connectivity index (χ0) is 51.8. The molecule has 0 fully saturated rings. The van der Waals surface area contributed by atoms with E-state index in [1.807, 2.05) is 0 Å². The fraction of sp³-hybridized carbons (Fsp3) is 0.934. The SMILES string of the molecule is CCCCCCCCCCCCC(=O)O.CCCCCCCCCCCCC(=O)O.CCCCCCCCCCCCC(=O)O.CCCCCCCCCCCCCCCCCCCCCC(=O)O. The lowest BCUT2D eigenvalue weighted by Crippen LogP contribution is -1.93. The van der Waals surface area contributed by atoms with E-state index >= 15 is 0 Å². The molecule has 0 heterocycles. The van der Waals surface area contributed by atoms with Gasteiger partial charge in [0.2, 0.25) is 0 Å². The van der Waals surface area contributed by atoms with Crippen LogP contribution in [0, 0.1) is 0 Å². The second-order valence-electron chi connectivity index (χ2n) is 20.5. The van der Waals surface area contributed by atoms with Crippen LogP contribution in [0.25, 0.3) is 0 Å². The van der Waals surface area contributed by atoms with E-state index in [2.05, 4.69) is 27.7 Å². The van der Waals surface area contributed by atoms with Crippen molar-refractivity contribution >= 4 is 23.9 Å². The van der Waals surface area contributed by atoms with Gasteiger partial charge in [0, 0.05) is 25.7 Å². The Labute approximate surface area is 429 Å². The molecule has 0 amide bonds. The van der Waals surface area contributed by atoms with Crippen LogP contribution >= 0.6 is 0 Å². The van der Waals surface area contributed by atoms with Gasteiger partial charge in [-0.15, -0.1) is 0 Å². The van der Waals surface area contributed by atoms with E-state index in [-0.39, 0.29) is 0 Å². The third kappa shape index (κ3) is 89.3. The molecular weight excluding hydrogens is 861 g/mol. The standard InChI is InChI=1S/C22H44O2.3C13H26O2/c1-2-3-4-5-6-7-8-9-10-11-12-13-14-15-16-17-18-19-20-21-22(23)24;3*1-2-3-4-5-6-7-8-9-10-11-12-13(14)15/h2-21H2,1H3,(H,23,24);3*2-12H2,1H3,(H,14,15). The Bertz CT molecular complexity index is 904. The van der Waals surface area contributed by atoms with E-state index in [4.69, 9.17) is 20.4 Å². The van der Waals surface area contributed by atoms with Crippen molar-refractivity contribution < 1.29 is 39.6 Å². The lowest BCUT2D eigenvalue weighted by Gasteiger charge is -2.03. The summed E-state index contributed by atoms with van der Waals surface area (Å²) in [5, 5.41) is 33.9. The molecule has 0 aliphatic carbocycles. The number of rotatable bonds is 53. The summed E-state index contributed by atoms with van der Waals surface area (Å²) in [6.07, 6.45) is 64.8. The Morgan fingerprint density at radius 1 is 0.174 bits per heavy atom. The Morgan fingerprint density at radius 3 is 0.348 bits per heavy atom. The molecule has 414 valence electrons. The number of aliphatic carboxylic acids is 4. The fourth-order valence-corrected chi connectivity index (χ4v) is 8.65. The Morgan fingerprint density at radius 2 is 0.261 bits per heavy atom. The molecule has 0 aliphatic rings. The van der Waals surface area contributed by atoms with Gasteiger partial charge < -0.3 is 20.4 Å². The number of unbranched alkanes of at least 4 members (excludes halogenated alkanes) is 45. The van der Waals surface area contributed by atoms with Gasteiger partial charge in [-0.3, -0.25) is 19.2 Å². The molecule has 0 bridgehead atoms. The highest BCUT2D eigenvalue weighted by Crippen LogP contribution is 2.16. The third-order valence-electron chi connectivity index (χ3n) is 13.2. The summed E-state index contributed by atoms with van der Waals surface area (Å²) in [4.78, 5) is 41.1. The molecule has 0 atom stereocenters. The molecule has 0 rings (SSSR count). The van der Waals surface area contributed by atoms with Gasteiger partial charge in [-0.2, -0.15) is 0 Å². The van der Waals surface area contributed by atoms with Crippen LogP contribution in [0.15, 0.2) is 0 Å². The van der Waals surface area contributed by atoms with E-state index in [9.17, 15) is 19.2 Å². The summed E-state index contributed by atoms with van der Waals surface area (Å²) >= 11 is 0. The molecule has 0 aromatic heterocycles. The second kappa shape index (κ2) is 70.1. The Balaban J connectivity index is -0.000000419. The minimum absolute atomic E-state index is 0.344. The highest BCUT2D eigenvalue weighted by atomic mass is 16.4. The molecular formula is C61H122O8. The van der Waals surface area contributed by atoms with Crippen molar-refractivity contribution in [3.05, 3.63) is 0 Å². The fourth-order valence-electron chi connectivity index (χ4n) is 8.65. The van der Waals surface area contributed by atoms with E-state index < -0.39 is 23.9 Å². The molecule has 8 heteroatoms. The first-order valence-corrected chi connectivity index (χ1v) is 30.5. The average Bonchev–Trinajstić information content (AvgIpc) is 3.32. The van der Waals surface area contributed by atoms with Crippen molar-refractivity contribution in [2.75, 3.05) is 0 Å². The first-order chi connectivity index (χ1) is 33.6. The zero-order valence-corrected chi connectivity index (χ0v) is 46.9. The second-order valence-corrected chi connectivity index (χ2v) is 20.5. The van der Waals surface area contributed by atoms with Crippen LogP contribution in [0.5, 0.6) is 0 Å². The first kappa shape index (κ1) is 73.4. The molecule has 0 aliphatic heterocycles. The lowest BCUT2D eigenvalue weighted by molar-refractivity contribution is -0.138. The quantitative estimate of drug-likeness (QED) is 0.0440. The van der Waals surface area contributed by atoms with Crippen molar-refractivity contribution in [3.8, 4) is 0 Å². The van der Waals surface area contributed by atoms with Gasteiger partial charge in [0.15, 0.2) is 0 Å². The highest BCUT2D eigenvalue weighted by Gasteiger charge is 2.01. The molecule has 0 radical (unpaired) electrons. The minimum atomic E-state index is -0.658. The van der Waals surface area contributed by atoms with Crippen LogP contribution in [0.1, 0.15) is 368 Å². The first-order valence-electron chi connectivity index (χ1n) is 30.5. The van der Waals surface area contributed by atoms with Crippen LogP contribution in [-0.4, -0.2) is 44.3 Å². The number of carboxylic acid groups (broad SMARTS) is 4. The molecule has 0 saturated heterocycles. The predicted octanol–water partition coefficient (Wildman–Crippen LogP) is 21.0. The van der Waals surface area contributed by atoms with E-state index in [1.54, 1.807) is 0 Å². The topological polar surface area (TPSA) is 149 Å². The Hall–Kier alpha value is -2.12. The molecule has 0 unspecified atom stereocenters. The summed E-state index contributed by atoms with van der Waals surface area (Å²) in [5.74, 6) is -2.62. The Kier molecular flexibility index (Phi) is 74.6. The molecule has 0 spiro atoms. The van der Waals surface area contributed by atoms with Gasteiger partial charge in [-0.25, -0.2) is 0 Å². The van der Waals surface area contributed by atoms with Crippen LogP contribution in [0.2, 0.25) is 0 Å². The molecule has 0 saturated carbocycles. The van der Waals surface area contributed by atoms with Gasteiger partial charge in [0.1, 0.15) is 0 Å². The molecule has 69 heavy (non-hydrogen) atoms. The monoisotopic (exact) mass is 983 g/mol. The number of hydrogen-bond donors (Lipinski definition) is 4. The van der Waals surface area contributed by atoms with E-state index in [1.165, 1.54) is 263 Å². The summed E-state index contributed by atoms with van der Waals surface area (Å²) < 4.78 is 0. The summed E-state index contributed by atoms with van der Waals surface area (Å²) in [7, 11) is 0. The normalized spacial score (nSPS) is 10.7. The maximum Gasteiger partial charge on any atom is 0.303 e. The van der Waals surface area contributed by atoms with Crippen LogP contribution in [0.3, 0.4) is 0 Å². The predicted molar refractivity (Wildman–Crippen MR) is 298 cm³/mol. The van der Waals surface area contributed by atoms with Gasteiger partial charge in [0.05, 0.1) is 0 Å². The van der Waals surface area contributed by atoms with Gasteiger partial charge >= 0.3 is 23.9 Å². The molecule has 0 aromatic carbocycles. The molecule has 4 N–H and O–H groups in total. The minimum Gasteiger partial charge on any atom is -0.481 e. The van der Waals surface area contributed by atoms with Crippen molar-refractivity contribution in [3.63, 3.8) is 0 Å². The van der Waals surface area contributed by atoms with Gasteiger partial charge in [-0.05, 0) is 25.7 Å². The number of carboxylic acids is 4. The summed E-state index contributed by atoms with van der Waals surface area (Å²) in [6, 6.07) is 0. The maximum atomic E-state index is 10.4. The van der Waals surface area contributed by atoms with E-state index in [0.29, 0.717) is 25.7 Å². The van der Waals surface area contributed by atoms with Crippen molar-refractivity contribution in [1.29, 1.82) is 0 Å². The van der Waals surface area contributed by atoms with Crippen molar-refractivity contribution in [2.45, 2.75) is 368 Å². The lowest BCUT2D eigenvalue weighted by atomic mass is 10.0. The van der Waals surface area contributed by atoms with Crippen LogP contribution in [0.4, 0.5) is 0 Å². The molecule has 0 aromatic rings. The maximum absolute atomic E-state index is 10.4. The number of carbonyl (C=O) groups is 4. The molecule has 8 nitrogen and oxygen atoms in total. The average molecular weight is 984 g/mol. The van der Waals surface area contributed by atoms with Gasteiger partial charge in [0.25, 0.3) is 0 Å². The smallest absolute Gasteiger partial charge is 0.303 e. The highest BCUT2D eigenvalue weighted by molar-refractivity contribution is 5.67. The summed E-state index contributed by atoms with van der Waals surface area (Å²) in [5.41, 5.74) is 0.